The molecule has 2 amide bonds. The van der Waals surface area contributed by atoms with Gasteiger partial charge in [-0.25, -0.2) is 0 Å². The van der Waals surface area contributed by atoms with E-state index in [1.807, 2.05) is 54.6 Å². The van der Waals surface area contributed by atoms with Gasteiger partial charge in [-0.3, -0.25) is 9.59 Å². The topological polar surface area (TPSA) is 80.6 Å². The Hall–Kier alpha value is -3.19. The van der Waals surface area contributed by atoms with Gasteiger partial charge >= 0.3 is 0 Å². The molecule has 0 spiro atoms. The highest BCUT2D eigenvalue weighted by Gasteiger charge is 2.16. The molecular formula is C23H22N2O4S. The van der Waals surface area contributed by atoms with Gasteiger partial charge in [-0.2, -0.15) is 0 Å². The van der Waals surface area contributed by atoms with Gasteiger partial charge in [-0.15, -0.1) is 11.8 Å². The van der Waals surface area contributed by atoms with Gasteiger partial charge in [0.25, 0.3) is 5.91 Å². The summed E-state index contributed by atoms with van der Waals surface area (Å²) in [5, 5.41) is 5.69. The number of hydrogen-bond donors (Lipinski definition) is 2. The van der Waals surface area contributed by atoms with Crippen LogP contribution < -0.4 is 15.4 Å². The SMILES string of the molecule is O=C1CCc2cc(OCCNC(=O)c3occc3CSc3ccccc3)ccc2N1. The summed E-state index contributed by atoms with van der Waals surface area (Å²) in [4.78, 5) is 25.0. The number of thioether (sulfide) groups is 1. The van der Waals surface area contributed by atoms with Crippen molar-refractivity contribution in [1.82, 2.24) is 5.32 Å². The number of rotatable bonds is 8. The van der Waals surface area contributed by atoms with Crippen LogP contribution >= 0.6 is 11.8 Å². The lowest BCUT2D eigenvalue weighted by Crippen LogP contribution is -2.28. The van der Waals surface area contributed by atoms with Gasteiger partial charge in [0.15, 0.2) is 5.76 Å². The molecule has 7 heteroatoms. The minimum atomic E-state index is -0.250. The molecule has 1 aliphatic heterocycles. The fourth-order valence-corrected chi connectivity index (χ4v) is 4.09. The summed E-state index contributed by atoms with van der Waals surface area (Å²) in [6.07, 6.45) is 2.73. The predicted octanol–water partition coefficient (Wildman–Crippen LogP) is 4.27. The number of amides is 2. The zero-order valence-corrected chi connectivity index (χ0v) is 17.2. The lowest BCUT2D eigenvalue weighted by atomic mass is 10.0. The van der Waals surface area contributed by atoms with Crippen LogP contribution in [0.4, 0.5) is 5.69 Å². The Kier molecular flexibility index (Phi) is 6.39. The summed E-state index contributed by atoms with van der Waals surface area (Å²) < 4.78 is 11.1. The van der Waals surface area contributed by atoms with Crippen molar-refractivity contribution < 1.29 is 18.7 Å². The first kappa shape index (κ1) is 20.1. The van der Waals surface area contributed by atoms with E-state index in [-0.39, 0.29) is 11.8 Å². The maximum absolute atomic E-state index is 12.5. The molecule has 154 valence electrons. The molecule has 1 aromatic heterocycles. The molecule has 0 radical (unpaired) electrons. The normalized spacial score (nSPS) is 12.7. The molecule has 0 atom stereocenters. The first-order valence-corrected chi connectivity index (χ1v) is 10.8. The summed E-state index contributed by atoms with van der Waals surface area (Å²) in [5.41, 5.74) is 2.76. The van der Waals surface area contributed by atoms with Crippen molar-refractivity contribution in [1.29, 1.82) is 0 Å². The molecule has 1 aliphatic rings. The fraction of sp³-hybridized carbons (Fsp3) is 0.217. The van der Waals surface area contributed by atoms with E-state index in [2.05, 4.69) is 10.6 Å². The second kappa shape index (κ2) is 9.54. The highest BCUT2D eigenvalue weighted by molar-refractivity contribution is 7.98. The van der Waals surface area contributed by atoms with Crippen LogP contribution in [-0.4, -0.2) is 25.0 Å². The summed E-state index contributed by atoms with van der Waals surface area (Å²) in [6, 6.07) is 17.5. The number of nitrogens with one attached hydrogen (secondary N) is 2. The number of hydrogen-bond acceptors (Lipinski definition) is 5. The predicted molar refractivity (Wildman–Crippen MR) is 116 cm³/mol. The van der Waals surface area contributed by atoms with Crippen molar-refractivity contribution in [2.75, 3.05) is 18.5 Å². The third-order valence-electron chi connectivity index (χ3n) is 4.72. The molecule has 0 saturated heterocycles. The minimum absolute atomic E-state index is 0.0401. The van der Waals surface area contributed by atoms with Crippen LogP contribution in [0, 0.1) is 0 Å². The molecule has 0 unspecified atom stereocenters. The zero-order chi connectivity index (χ0) is 20.8. The van der Waals surface area contributed by atoms with Crippen molar-refractivity contribution in [3.8, 4) is 5.75 Å². The van der Waals surface area contributed by atoms with Crippen molar-refractivity contribution in [2.45, 2.75) is 23.5 Å². The van der Waals surface area contributed by atoms with Gasteiger partial charge in [-0.05, 0) is 48.4 Å². The first-order chi connectivity index (χ1) is 14.7. The molecule has 2 heterocycles. The third-order valence-corrected chi connectivity index (χ3v) is 5.78. The molecule has 6 nitrogen and oxygen atoms in total. The number of furan rings is 1. The Bertz CT molecular complexity index is 1030. The van der Waals surface area contributed by atoms with Crippen LogP contribution in [0.2, 0.25) is 0 Å². The molecule has 3 aromatic rings. The fourth-order valence-electron chi connectivity index (χ4n) is 3.19. The second-order valence-corrected chi connectivity index (χ2v) is 7.90. The summed E-state index contributed by atoms with van der Waals surface area (Å²) in [7, 11) is 0. The van der Waals surface area contributed by atoms with Crippen LogP contribution in [0.5, 0.6) is 5.75 Å². The molecule has 2 N–H and O–H groups in total. The summed E-state index contributed by atoms with van der Waals surface area (Å²) in [6.45, 7) is 0.699. The van der Waals surface area contributed by atoms with Crippen LogP contribution in [0.1, 0.15) is 28.1 Å². The van der Waals surface area contributed by atoms with Gasteiger partial charge in [-0.1, -0.05) is 18.2 Å². The molecule has 0 aliphatic carbocycles. The van der Waals surface area contributed by atoms with E-state index in [4.69, 9.17) is 9.15 Å². The van der Waals surface area contributed by atoms with Crippen molar-refractivity contribution in [3.63, 3.8) is 0 Å². The lowest BCUT2D eigenvalue weighted by Gasteiger charge is -2.17. The number of carbonyl (C=O) groups is 2. The Morgan fingerprint density at radius 3 is 2.87 bits per heavy atom. The molecule has 0 saturated carbocycles. The molecule has 0 fully saturated rings. The van der Waals surface area contributed by atoms with Gasteiger partial charge < -0.3 is 19.8 Å². The lowest BCUT2D eigenvalue weighted by molar-refractivity contribution is -0.116. The maximum Gasteiger partial charge on any atom is 0.287 e. The maximum atomic E-state index is 12.5. The smallest absolute Gasteiger partial charge is 0.287 e. The van der Waals surface area contributed by atoms with Gasteiger partial charge in [0, 0.05) is 28.3 Å². The number of aryl methyl sites for hydroxylation is 1. The molecular weight excluding hydrogens is 400 g/mol. The quantitative estimate of drug-likeness (QED) is 0.419. The average Bonchev–Trinajstić information content (AvgIpc) is 3.25. The minimum Gasteiger partial charge on any atom is -0.492 e. The van der Waals surface area contributed by atoms with Crippen molar-refractivity contribution in [3.05, 3.63) is 77.7 Å². The van der Waals surface area contributed by atoms with Gasteiger partial charge in [0.05, 0.1) is 12.8 Å². The third kappa shape index (κ3) is 5.04. The molecule has 30 heavy (non-hydrogen) atoms. The number of carbonyl (C=O) groups excluding carboxylic acids is 2. The molecule has 0 bridgehead atoms. The van der Waals surface area contributed by atoms with Crippen LogP contribution in [0.15, 0.2) is 70.2 Å². The standard InChI is InChI=1S/C23H22N2O4S/c26-21-9-6-16-14-18(7-8-20(16)25-21)28-13-11-24-23(27)22-17(10-12-29-22)15-30-19-4-2-1-3-5-19/h1-5,7-8,10,12,14H,6,9,11,13,15H2,(H,24,27)(H,25,26). The Morgan fingerprint density at radius 1 is 1.13 bits per heavy atom. The van der Waals surface area contributed by atoms with E-state index in [1.54, 1.807) is 11.8 Å². The van der Waals surface area contributed by atoms with Crippen LogP contribution in [0.25, 0.3) is 0 Å². The largest absolute Gasteiger partial charge is 0.492 e. The first-order valence-electron chi connectivity index (χ1n) is 9.77. The van der Waals surface area contributed by atoms with Crippen molar-refractivity contribution in [2.24, 2.45) is 0 Å². The van der Waals surface area contributed by atoms with Gasteiger partial charge in [0.2, 0.25) is 5.91 Å². The number of benzene rings is 2. The molecule has 4 rings (SSSR count). The van der Waals surface area contributed by atoms with E-state index in [1.165, 1.54) is 6.26 Å². The number of anilines is 1. The summed E-state index contributed by atoms with van der Waals surface area (Å²) >= 11 is 1.66. The van der Waals surface area contributed by atoms with E-state index in [9.17, 15) is 9.59 Å². The van der Waals surface area contributed by atoms with Crippen LogP contribution in [0.3, 0.4) is 0 Å². The van der Waals surface area contributed by atoms with E-state index in [0.29, 0.717) is 37.5 Å². The van der Waals surface area contributed by atoms with Crippen molar-refractivity contribution >= 4 is 29.3 Å². The monoisotopic (exact) mass is 422 g/mol. The Balaban J connectivity index is 1.25. The molecule has 2 aromatic carbocycles. The Labute approximate surface area is 179 Å². The van der Waals surface area contributed by atoms with E-state index < -0.39 is 0 Å². The summed E-state index contributed by atoms with van der Waals surface area (Å²) in [5.74, 6) is 1.50. The Morgan fingerprint density at radius 2 is 2.00 bits per heavy atom. The highest BCUT2D eigenvalue weighted by atomic mass is 32.2. The number of fused-ring (bicyclic) bond motifs is 1. The zero-order valence-electron chi connectivity index (χ0n) is 16.4. The average molecular weight is 423 g/mol. The number of ether oxygens (including phenoxy) is 1. The second-order valence-electron chi connectivity index (χ2n) is 6.85. The van der Waals surface area contributed by atoms with Gasteiger partial charge in [0.1, 0.15) is 12.4 Å². The van der Waals surface area contributed by atoms with E-state index in [0.717, 1.165) is 27.5 Å². The highest BCUT2D eigenvalue weighted by Crippen LogP contribution is 2.27. The van der Waals surface area contributed by atoms with Crippen LogP contribution in [-0.2, 0) is 17.0 Å². The van der Waals surface area contributed by atoms with E-state index >= 15 is 0 Å².